The average Bonchev–Trinajstić information content (AvgIpc) is 2.70. The van der Waals surface area contributed by atoms with Crippen molar-refractivity contribution in [1.29, 1.82) is 0 Å². The summed E-state index contributed by atoms with van der Waals surface area (Å²) in [6, 6.07) is 1.82. The summed E-state index contributed by atoms with van der Waals surface area (Å²) in [5.74, 6) is -2.23. The molecule has 1 N–H and O–H groups in total. The molecule has 1 fully saturated rings. The van der Waals surface area contributed by atoms with Crippen molar-refractivity contribution in [2.24, 2.45) is 5.92 Å². The highest BCUT2D eigenvalue weighted by atomic mass is 19.2. The van der Waals surface area contributed by atoms with Crippen molar-refractivity contribution in [2.45, 2.75) is 58.0 Å². The summed E-state index contributed by atoms with van der Waals surface area (Å²) in [5.41, 5.74) is 0.185. The van der Waals surface area contributed by atoms with Crippen LogP contribution < -0.4 is 5.32 Å². The summed E-state index contributed by atoms with van der Waals surface area (Å²) < 4.78 is 39.5. The van der Waals surface area contributed by atoms with Crippen LogP contribution in [0.25, 0.3) is 0 Å². The largest absolute Gasteiger partial charge is 0.310 e. The van der Waals surface area contributed by atoms with Crippen molar-refractivity contribution < 1.29 is 13.2 Å². The summed E-state index contributed by atoms with van der Waals surface area (Å²) in [6.45, 7) is 2.33. The normalized spacial score (nSPS) is 18.8. The van der Waals surface area contributed by atoms with Gasteiger partial charge in [-0.05, 0) is 31.7 Å². The SMILES string of the molecule is C[C@H](NCc1cc(F)c(F)cc1F)C1CCCCCC1. The van der Waals surface area contributed by atoms with Gasteiger partial charge in [0, 0.05) is 24.2 Å². The minimum absolute atomic E-state index is 0.185. The highest BCUT2D eigenvalue weighted by Gasteiger charge is 2.19. The predicted molar refractivity (Wildman–Crippen MR) is 73.8 cm³/mol. The van der Waals surface area contributed by atoms with Crippen LogP contribution in [0.5, 0.6) is 0 Å². The molecule has 4 heteroatoms. The second-order valence-corrected chi connectivity index (χ2v) is 5.78. The second-order valence-electron chi connectivity index (χ2n) is 5.78. The molecule has 1 saturated carbocycles. The van der Waals surface area contributed by atoms with E-state index in [1.165, 1.54) is 38.5 Å². The number of hydrogen-bond acceptors (Lipinski definition) is 1. The van der Waals surface area contributed by atoms with E-state index in [2.05, 4.69) is 12.2 Å². The topological polar surface area (TPSA) is 12.0 Å². The number of halogens is 3. The van der Waals surface area contributed by atoms with Gasteiger partial charge in [0.1, 0.15) is 5.82 Å². The van der Waals surface area contributed by atoms with Crippen LogP contribution >= 0.6 is 0 Å². The molecule has 0 aromatic heterocycles. The number of rotatable bonds is 4. The monoisotopic (exact) mass is 285 g/mol. The van der Waals surface area contributed by atoms with E-state index in [-0.39, 0.29) is 18.2 Å². The molecule has 1 aromatic rings. The molecule has 112 valence electrons. The van der Waals surface area contributed by atoms with Gasteiger partial charge in [0.15, 0.2) is 11.6 Å². The number of hydrogen-bond donors (Lipinski definition) is 1. The standard InChI is InChI=1S/C16H22F3N/c1-11(12-6-4-2-3-5-7-12)20-10-13-8-15(18)16(19)9-14(13)17/h8-9,11-12,20H,2-7,10H2,1H3/t11-/m0/s1. The predicted octanol–water partition coefficient (Wildman–Crippen LogP) is 4.55. The van der Waals surface area contributed by atoms with E-state index in [1.807, 2.05) is 0 Å². The molecule has 0 bridgehead atoms. The Bertz CT molecular complexity index is 440. The minimum atomic E-state index is -1.14. The van der Waals surface area contributed by atoms with Crippen molar-refractivity contribution in [3.63, 3.8) is 0 Å². The first-order chi connectivity index (χ1) is 9.58. The summed E-state index contributed by atoms with van der Waals surface area (Å²) in [6.07, 6.45) is 7.46. The first-order valence-corrected chi connectivity index (χ1v) is 7.44. The molecule has 0 heterocycles. The van der Waals surface area contributed by atoms with Crippen LogP contribution in [0.4, 0.5) is 13.2 Å². The third-order valence-corrected chi connectivity index (χ3v) is 4.31. The maximum Gasteiger partial charge on any atom is 0.161 e. The molecule has 0 spiro atoms. The molecule has 0 unspecified atom stereocenters. The van der Waals surface area contributed by atoms with Crippen molar-refractivity contribution in [3.05, 3.63) is 35.1 Å². The van der Waals surface area contributed by atoms with Crippen LogP contribution in [0.3, 0.4) is 0 Å². The summed E-state index contributed by atoms with van der Waals surface area (Å²) >= 11 is 0. The van der Waals surface area contributed by atoms with Crippen molar-refractivity contribution in [1.82, 2.24) is 5.32 Å². The van der Waals surface area contributed by atoms with Gasteiger partial charge in [-0.2, -0.15) is 0 Å². The van der Waals surface area contributed by atoms with Crippen LogP contribution in [0.1, 0.15) is 51.0 Å². The maximum atomic E-state index is 13.5. The number of benzene rings is 1. The van der Waals surface area contributed by atoms with Gasteiger partial charge in [-0.3, -0.25) is 0 Å². The molecule has 1 aromatic carbocycles. The molecule has 0 amide bonds. The van der Waals surface area contributed by atoms with Crippen LogP contribution in [0.15, 0.2) is 12.1 Å². The van der Waals surface area contributed by atoms with E-state index in [4.69, 9.17) is 0 Å². The van der Waals surface area contributed by atoms with Gasteiger partial charge in [0.25, 0.3) is 0 Å². The zero-order valence-corrected chi connectivity index (χ0v) is 11.9. The lowest BCUT2D eigenvalue weighted by molar-refractivity contribution is 0.334. The highest BCUT2D eigenvalue weighted by Crippen LogP contribution is 2.25. The van der Waals surface area contributed by atoms with Gasteiger partial charge >= 0.3 is 0 Å². The Morgan fingerprint density at radius 1 is 1.00 bits per heavy atom. The van der Waals surface area contributed by atoms with Crippen molar-refractivity contribution in [2.75, 3.05) is 0 Å². The Labute approximate surface area is 118 Å². The van der Waals surface area contributed by atoms with Gasteiger partial charge in [-0.15, -0.1) is 0 Å². The lowest BCUT2D eigenvalue weighted by Gasteiger charge is -2.23. The summed E-state index contributed by atoms with van der Waals surface area (Å²) in [7, 11) is 0. The fourth-order valence-corrected chi connectivity index (χ4v) is 2.95. The Kier molecular flexibility index (Phi) is 5.46. The Hall–Kier alpha value is -1.03. The van der Waals surface area contributed by atoms with Gasteiger partial charge in [-0.25, -0.2) is 13.2 Å². The molecular weight excluding hydrogens is 263 g/mol. The van der Waals surface area contributed by atoms with Gasteiger partial charge < -0.3 is 5.32 Å². The van der Waals surface area contributed by atoms with Crippen molar-refractivity contribution in [3.8, 4) is 0 Å². The van der Waals surface area contributed by atoms with Gasteiger partial charge in [-0.1, -0.05) is 25.7 Å². The molecule has 0 saturated heterocycles. The lowest BCUT2D eigenvalue weighted by atomic mass is 9.93. The zero-order chi connectivity index (χ0) is 14.5. The fourth-order valence-electron chi connectivity index (χ4n) is 2.95. The molecule has 1 aliphatic rings. The average molecular weight is 285 g/mol. The van der Waals surface area contributed by atoms with E-state index in [1.54, 1.807) is 0 Å². The molecule has 1 atom stereocenters. The molecule has 0 radical (unpaired) electrons. The summed E-state index contributed by atoms with van der Waals surface area (Å²) in [4.78, 5) is 0. The molecular formula is C16H22F3N. The fraction of sp³-hybridized carbons (Fsp3) is 0.625. The smallest absolute Gasteiger partial charge is 0.161 e. The van der Waals surface area contributed by atoms with E-state index < -0.39 is 17.5 Å². The zero-order valence-electron chi connectivity index (χ0n) is 11.9. The molecule has 20 heavy (non-hydrogen) atoms. The Morgan fingerprint density at radius 3 is 2.25 bits per heavy atom. The van der Waals surface area contributed by atoms with E-state index in [0.717, 1.165) is 6.07 Å². The van der Waals surface area contributed by atoms with Crippen LogP contribution in [0.2, 0.25) is 0 Å². The lowest BCUT2D eigenvalue weighted by Crippen LogP contribution is -2.33. The van der Waals surface area contributed by atoms with Crippen LogP contribution in [0, 0.1) is 23.4 Å². The van der Waals surface area contributed by atoms with Crippen molar-refractivity contribution >= 4 is 0 Å². The minimum Gasteiger partial charge on any atom is -0.310 e. The van der Waals surface area contributed by atoms with E-state index in [0.29, 0.717) is 12.0 Å². The Balaban J connectivity index is 1.92. The van der Waals surface area contributed by atoms with E-state index >= 15 is 0 Å². The van der Waals surface area contributed by atoms with Crippen LogP contribution in [-0.2, 0) is 6.54 Å². The second kappa shape index (κ2) is 7.11. The molecule has 2 rings (SSSR count). The van der Waals surface area contributed by atoms with Gasteiger partial charge in [0.05, 0.1) is 0 Å². The first kappa shape index (κ1) is 15.4. The number of nitrogens with one attached hydrogen (secondary N) is 1. The quantitative estimate of drug-likeness (QED) is 0.632. The third-order valence-electron chi connectivity index (χ3n) is 4.31. The highest BCUT2D eigenvalue weighted by molar-refractivity contribution is 5.20. The maximum absolute atomic E-state index is 13.5. The molecule has 1 aliphatic carbocycles. The third kappa shape index (κ3) is 3.98. The summed E-state index contributed by atoms with van der Waals surface area (Å²) in [5, 5.41) is 3.25. The van der Waals surface area contributed by atoms with Gasteiger partial charge in [0.2, 0.25) is 0 Å². The molecule has 1 nitrogen and oxygen atoms in total. The first-order valence-electron chi connectivity index (χ1n) is 7.44. The Morgan fingerprint density at radius 2 is 1.60 bits per heavy atom. The van der Waals surface area contributed by atoms with E-state index in [9.17, 15) is 13.2 Å². The van der Waals surface area contributed by atoms with Crippen LogP contribution in [-0.4, -0.2) is 6.04 Å². The molecule has 0 aliphatic heterocycles.